The van der Waals surface area contributed by atoms with Crippen LogP contribution in [0.5, 0.6) is 0 Å². The summed E-state index contributed by atoms with van der Waals surface area (Å²) in [6, 6.07) is 0.834. The van der Waals surface area contributed by atoms with Crippen LogP contribution in [-0.4, -0.2) is 30.0 Å². The molecule has 0 saturated carbocycles. The maximum Gasteiger partial charge on any atom is 0.251 e. The topological polar surface area (TPSA) is 3.24 Å². The van der Waals surface area contributed by atoms with Crippen molar-refractivity contribution in [2.45, 2.75) is 65.0 Å². The Bertz CT molecular complexity index is 238. The molecule has 16 heavy (non-hydrogen) atoms. The molecule has 2 atom stereocenters. The van der Waals surface area contributed by atoms with Gasteiger partial charge in [0.1, 0.15) is 0 Å². The van der Waals surface area contributed by atoms with Gasteiger partial charge in [0.2, 0.25) is 0 Å². The van der Waals surface area contributed by atoms with Crippen molar-refractivity contribution < 1.29 is 8.78 Å². The molecule has 0 spiro atoms. The molecule has 0 aromatic rings. The molecule has 2 fully saturated rings. The van der Waals surface area contributed by atoms with E-state index in [2.05, 4.69) is 25.7 Å². The fourth-order valence-electron chi connectivity index (χ4n) is 3.54. The Kier molecular flexibility index (Phi) is 3.26. The van der Waals surface area contributed by atoms with Gasteiger partial charge in [-0.25, -0.2) is 8.78 Å². The first kappa shape index (κ1) is 12.3. The van der Waals surface area contributed by atoms with Crippen molar-refractivity contribution in [2.75, 3.05) is 6.54 Å². The van der Waals surface area contributed by atoms with Crippen LogP contribution in [0.4, 0.5) is 8.78 Å². The zero-order chi connectivity index (χ0) is 11.9. The number of halogens is 2. The van der Waals surface area contributed by atoms with E-state index in [1.54, 1.807) is 0 Å². The van der Waals surface area contributed by atoms with Crippen LogP contribution in [0.25, 0.3) is 0 Å². The minimum atomic E-state index is -2.17. The summed E-state index contributed by atoms with van der Waals surface area (Å²) in [4.78, 5) is 2.08. The molecule has 0 aromatic carbocycles. The maximum absolute atomic E-state index is 12.5. The summed E-state index contributed by atoms with van der Waals surface area (Å²) in [5.74, 6) is 0.657. The second kappa shape index (κ2) is 4.25. The third kappa shape index (κ3) is 2.11. The van der Waals surface area contributed by atoms with E-state index in [1.165, 1.54) is 0 Å². The molecule has 0 N–H and O–H groups in total. The van der Waals surface area contributed by atoms with Crippen LogP contribution in [-0.2, 0) is 0 Å². The predicted molar refractivity (Wildman–Crippen MR) is 61.7 cm³/mol. The second-order valence-corrected chi connectivity index (χ2v) is 6.19. The van der Waals surface area contributed by atoms with Gasteiger partial charge >= 0.3 is 0 Å². The van der Waals surface area contributed by atoms with Gasteiger partial charge in [0.05, 0.1) is 6.54 Å². The molecule has 2 aliphatic rings. The van der Waals surface area contributed by atoms with Crippen LogP contribution in [0.1, 0.15) is 46.5 Å². The van der Waals surface area contributed by atoms with E-state index in [1.807, 2.05) is 0 Å². The Labute approximate surface area is 97.2 Å². The molecular weight excluding hydrogens is 208 g/mol. The van der Waals surface area contributed by atoms with Crippen molar-refractivity contribution in [1.29, 1.82) is 0 Å². The minimum Gasteiger partial charge on any atom is -0.292 e. The Balaban J connectivity index is 2.06. The molecule has 3 heteroatoms. The summed E-state index contributed by atoms with van der Waals surface area (Å²) in [5, 5.41) is 0. The van der Waals surface area contributed by atoms with Crippen LogP contribution < -0.4 is 0 Å². The van der Waals surface area contributed by atoms with E-state index >= 15 is 0 Å². The molecule has 0 amide bonds. The molecule has 2 heterocycles. The van der Waals surface area contributed by atoms with E-state index in [9.17, 15) is 8.78 Å². The number of hydrogen-bond donors (Lipinski definition) is 0. The monoisotopic (exact) mass is 231 g/mol. The van der Waals surface area contributed by atoms with Gasteiger partial charge < -0.3 is 0 Å². The standard InChI is InChI=1S/C13H23F2N/c1-9(2)13(3)6-10-4-5-11(7-13)16(10)8-12(14)15/h9-12H,4-8H2,1-3H3. The summed E-state index contributed by atoms with van der Waals surface area (Å²) < 4.78 is 25.0. The van der Waals surface area contributed by atoms with Gasteiger partial charge in [0, 0.05) is 12.1 Å². The molecule has 0 aromatic heterocycles. The van der Waals surface area contributed by atoms with Crippen molar-refractivity contribution in [3.05, 3.63) is 0 Å². The number of rotatable bonds is 3. The van der Waals surface area contributed by atoms with Crippen molar-refractivity contribution in [3.63, 3.8) is 0 Å². The first-order valence-corrected chi connectivity index (χ1v) is 6.46. The smallest absolute Gasteiger partial charge is 0.251 e. The first-order chi connectivity index (χ1) is 7.42. The Hall–Kier alpha value is -0.180. The molecule has 2 unspecified atom stereocenters. The average molecular weight is 231 g/mol. The van der Waals surface area contributed by atoms with Crippen molar-refractivity contribution in [3.8, 4) is 0 Å². The maximum atomic E-state index is 12.5. The number of fused-ring (bicyclic) bond motifs is 2. The minimum absolute atomic E-state index is 0.0104. The van der Waals surface area contributed by atoms with Crippen molar-refractivity contribution >= 4 is 0 Å². The molecule has 1 nitrogen and oxygen atoms in total. The normalized spacial score (nSPS) is 39.9. The highest BCUT2D eigenvalue weighted by atomic mass is 19.3. The van der Waals surface area contributed by atoms with Crippen LogP contribution >= 0.6 is 0 Å². The molecule has 2 aliphatic heterocycles. The summed E-state index contributed by atoms with van der Waals surface area (Å²) in [6.07, 6.45) is 2.28. The van der Waals surface area contributed by atoms with Gasteiger partial charge in [-0.05, 0) is 37.0 Å². The number of hydrogen-bond acceptors (Lipinski definition) is 1. The van der Waals surface area contributed by atoms with Gasteiger partial charge in [-0.2, -0.15) is 0 Å². The highest BCUT2D eigenvalue weighted by Crippen LogP contribution is 2.49. The van der Waals surface area contributed by atoms with E-state index in [0.717, 1.165) is 25.7 Å². The molecule has 2 saturated heterocycles. The fourth-order valence-corrected chi connectivity index (χ4v) is 3.54. The molecule has 0 aliphatic carbocycles. The molecule has 94 valence electrons. The molecule has 2 rings (SSSR count). The van der Waals surface area contributed by atoms with Gasteiger partial charge in [0.15, 0.2) is 0 Å². The lowest BCUT2D eigenvalue weighted by molar-refractivity contribution is -0.0113. The van der Waals surface area contributed by atoms with Gasteiger partial charge in [-0.15, -0.1) is 0 Å². The third-order valence-electron chi connectivity index (χ3n) is 4.92. The van der Waals surface area contributed by atoms with E-state index in [4.69, 9.17) is 0 Å². The zero-order valence-electron chi connectivity index (χ0n) is 10.5. The predicted octanol–water partition coefficient (Wildman–Crippen LogP) is 3.54. The number of piperidine rings is 1. The van der Waals surface area contributed by atoms with E-state index < -0.39 is 6.43 Å². The average Bonchev–Trinajstić information content (AvgIpc) is 2.44. The Morgan fingerprint density at radius 3 is 2.06 bits per heavy atom. The summed E-state index contributed by atoms with van der Waals surface area (Å²) >= 11 is 0. The number of nitrogens with zero attached hydrogens (tertiary/aromatic N) is 1. The van der Waals surface area contributed by atoms with Crippen LogP contribution in [0.3, 0.4) is 0 Å². The highest BCUT2D eigenvalue weighted by Gasteiger charge is 2.47. The van der Waals surface area contributed by atoms with E-state index in [0.29, 0.717) is 23.4 Å². The van der Waals surface area contributed by atoms with Crippen LogP contribution in [0.2, 0.25) is 0 Å². The van der Waals surface area contributed by atoms with Gasteiger partial charge in [0.25, 0.3) is 6.43 Å². The van der Waals surface area contributed by atoms with Crippen LogP contribution in [0.15, 0.2) is 0 Å². The number of alkyl halides is 2. The highest BCUT2D eigenvalue weighted by molar-refractivity contribution is 5.00. The summed E-state index contributed by atoms with van der Waals surface area (Å²) in [7, 11) is 0. The van der Waals surface area contributed by atoms with E-state index in [-0.39, 0.29) is 6.54 Å². The lowest BCUT2D eigenvalue weighted by Gasteiger charge is -2.47. The molecular formula is C13H23F2N. The van der Waals surface area contributed by atoms with Crippen molar-refractivity contribution in [2.24, 2.45) is 11.3 Å². The molecule has 0 radical (unpaired) electrons. The van der Waals surface area contributed by atoms with Gasteiger partial charge in [-0.3, -0.25) is 4.90 Å². The first-order valence-electron chi connectivity index (χ1n) is 6.46. The van der Waals surface area contributed by atoms with Crippen molar-refractivity contribution in [1.82, 2.24) is 4.90 Å². The Morgan fingerprint density at radius 1 is 1.19 bits per heavy atom. The second-order valence-electron chi connectivity index (χ2n) is 6.19. The van der Waals surface area contributed by atoms with Crippen LogP contribution in [0, 0.1) is 11.3 Å². The largest absolute Gasteiger partial charge is 0.292 e. The summed E-state index contributed by atoms with van der Waals surface area (Å²) in [5.41, 5.74) is 0.366. The third-order valence-corrected chi connectivity index (χ3v) is 4.92. The summed E-state index contributed by atoms with van der Waals surface area (Å²) in [6.45, 7) is 6.86. The lowest BCUT2D eigenvalue weighted by Crippen LogP contribution is -2.49. The quantitative estimate of drug-likeness (QED) is 0.718. The Morgan fingerprint density at radius 2 is 1.69 bits per heavy atom. The molecule has 2 bridgehead atoms. The fraction of sp³-hybridized carbons (Fsp3) is 1.00. The zero-order valence-corrected chi connectivity index (χ0v) is 10.5. The lowest BCUT2D eigenvalue weighted by atomic mass is 9.69. The SMILES string of the molecule is CC(C)C1(C)CC2CCC(C1)N2CC(F)F. The van der Waals surface area contributed by atoms with Gasteiger partial charge in [-0.1, -0.05) is 20.8 Å².